The highest BCUT2D eigenvalue weighted by molar-refractivity contribution is 5.87. The van der Waals surface area contributed by atoms with Gasteiger partial charge in [0.25, 0.3) is 0 Å². The number of aliphatic hydroxyl groups is 1. The number of rotatable bonds is 11. The molecule has 70 heavy (non-hydrogen) atoms. The zero-order valence-corrected chi connectivity index (χ0v) is 41.9. The van der Waals surface area contributed by atoms with Crippen LogP contribution in [0.5, 0.6) is 0 Å². The minimum Gasteiger partial charge on any atom is -0.458 e. The summed E-state index contributed by atoms with van der Waals surface area (Å²) in [6.07, 6.45) is 1.18. The molecule has 0 unspecified atom stereocenters. The molecule has 2 aromatic heterocycles. The second-order valence-corrected chi connectivity index (χ2v) is 19.4. The predicted octanol–water partition coefficient (Wildman–Crippen LogP) is 6.20. The Morgan fingerprint density at radius 3 is 2.27 bits per heavy atom. The van der Waals surface area contributed by atoms with Gasteiger partial charge in [-0.25, -0.2) is 24.4 Å². The van der Waals surface area contributed by atoms with E-state index in [0.717, 1.165) is 11.1 Å². The van der Waals surface area contributed by atoms with Crippen molar-refractivity contribution in [2.75, 3.05) is 32.6 Å². The summed E-state index contributed by atoms with van der Waals surface area (Å²) in [7, 11) is 5.16. The molecule has 3 N–H and O–H groups in total. The van der Waals surface area contributed by atoms with E-state index in [4.69, 9.17) is 28.4 Å². The standard InChI is InChI=1S/C51H69N7O12/c1-12-38-51(8)42(56-48(63)70-51)31(4)39(59)29(2)28-50(7,69-47(62)55-22-13-15-34-16-18-35(19-17-34)44-53-23-14-24-54-44)43(68-46-40(60)37(57(9)10)27-30(3)65-46)32(5)41(33(6)45(61)66-38)67-49(64)58(11)36-20-25-52-26-21-36/h13-21,23-26,29-33,37-38,40-43,46,60H,12,22,27-28H2,1-11H3,(H,55,62)(H,56,63)/b15-13+/t29-,30-,31+,32+,33-,37+,38-,40-,41+,42-,43-,46+,50-,51-/m1/s1. The number of cyclic esters (lactones) is 1. The molecule has 19 heteroatoms. The third-order valence-electron chi connectivity index (χ3n) is 13.9. The number of carbonyl (C=O) groups is 5. The van der Waals surface area contributed by atoms with Crippen LogP contribution in [0.2, 0.25) is 0 Å². The third kappa shape index (κ3) is 12.1. The highest BCUT2D eigenvalue weighted by Crippen LogP contribution is 2.42. The van der Waals surface area contributed by atoms with Crippen LogP contribution in [0.1, 0.15) is 80.2 Å². The van der Waals surface area contributed by atoms with Crippen LogP contribution in [0.3, 0.4) is 0 Å². The van der Waals surface area contributed by atoms with Gasteiger partial charge in [-0.3, -0.25) is 19.5 Å². The van der Waals surface area contributed by atoms with Gasteiger partial charge < -0.3 is 49.1 Å². The molecular weight excluding hydrogens is 903 g/mol. The molecule has 3 fully saturated rings. The maximum atomic E-state index is 14.8. The highest BCUT2D eigenvalue weighted by atomic mass is 16.7. The van der Waals surface area contributed by atoms with Gasteiger partial charge in [-0.05, 0) is 84.8 Å². The predicted molar refractivity (Wildman–Crippen MR) is 258 cm³/mol. The molecule has 380 valence electrons. The zero-order valence-electron chi connectivity index (χ0n) is 41.9. The number of nitrogens with one attached hydrogen (secondary N) is 2. The number of carbonyl (C=O) groups excluding carboxylic acids is 5. The number of esters is 1. The maximum Gasteiger partial charge on any atom is 0.414 e. The Balaban J connectivity index is 1.41. The minimum atomic E-state index is -1.80. The van der Waals surface area contributed by atoms with Crippen LogP contribution in [-0.4, -0.2) is 143 Å². The summed E-state index contributed by atoms with van der Waals surface area (Å²) in [5.74, 6) is -4.62. The highest BCUT2D eigenvalue weighted by Gasteiger charge is 2.58. The SMILES string of the molecule is CC[C@H]1OC(=O)[C@H](C)[C@@H](OC(=O)N(C)c2ccncc2)[C@H](C)[C@@H](O[C@@H]2O[C@H](C)C[C@H](N(C)C)[C@H]2O)[C@](C)(OC(=O)NC/C=C/c2ccc(-c3ncccn3)cc2)C[C@@H](C)C(=O)[C@H](C)[C@H]2NC(=O)O[C@@]21C. The first-order chi connectivity index (χ1) is 33.2. The van der Waals surface area contributed by atoms with Crippen molar-refractivity contribution in [3.05, 3.63) is 78.9 Å². The number of fused-ring (bicyclic) bond motifs is 1. The molecule has 3 aromatic rings. The topological polar surface area (TPSA) is 230 Å². The van der Waals surface area contributed by atoms with Crippen molar-refractivity contribution in [3.63, 3.8) is 0 Å². The molecule has 5 heterocycles. The number of benzene rings is 1. The summed E-state index contributed by atoms with van der Waals surface area (Å²) in [6, 6.07) is 11.2. The molecule has 19 nitrogen and oxygen atoms in total. The first-order valence-corrected chi connectivity index (χ1v) is 23.9. The van der Waals surface area contributed by atoms with Gasteiger partial charge >= 0.3 is 24.2 Å². The molecule has 1 aromatic carbocycles. The number of aromatic nitrogens is 3. The van der Waals surface area contributed by atoms with Crippen molar-refractivity contribution < 1.29 is 57.5 Å². The number of ketones is 1. The number of nitrogens with zero attached hydrogens (tertiary/aromatic N) is 5. The molecule has 0 aliphatic carbocycles. The number of anilines is 1. The number of likely N-dealkylation sites (N-methyl/N-ethyl adjacent to an activating group) is 1. The number of amides is 3. The van der Waals surface area contributed by atoms with Crippen LogP contribution in [0.15, 0.2) is 73.3 Å². The van der Waals surface area contributed by atoms with Crippen LogP contribution in [-0.2, 0) is 38.0 Å². The smallest absolute Gasteiger partial charge is 0.414 e. The zero-order chi connectivity index (χ0) is 51.1. The van der Waals surface area contributed by atoms with E-state index in [0.29, 0.717) is 17.9 Å². The Labute approximate surface area is 410 Å². The normalized spacial score (nSPS) is 33.0. The molecule has 3 aliphatic heterocycles. The molecule has 14 atom stereocenters. The number of ether oxygens (including phenoxy) is 6. The number of hydrogen-bond donors (Lipinski definition) is 3. The van der Waals surface area contributed by atoms with E-state index in [2.05, 4.69) is 25.6 Å². The first-order valence-electron chi connectivity index (χ1n) is 23.9. The Morgan fingerprint density at radius 1 is 0.957 bits per heavy atom. The van der Waals surface area contributed by atoms with Crippen LogP contribution in [0.4, 0.5) is 20.1 Å². The van der Waals surface area contributed by atoms with Crippen LogP contribution in [0.25, 0.3) is 17.5 Å². The number of hydrogen-bond acceptors (Lipinski definition) is 16. The number of aliphatic hydroxyl groups excluding tert-OH is 1. The van der Waals surface area contributed by atoms with Crippen molar-refractivity contribution in [1.29, 1.82) is 0 Å². The second-order valence-electron chi connectivity index (χ2n) is 19.4. The quantitative estimate of drug-likeness (QED) is 0.144. The lowest BCUT2D eigenvalue weighted by molar-refractivity contribution is -0.298. The first kappa shape index (κ1) is 53.3. The summed E-state index contributed by atoms with van der Waals surface area (Å²) < 4.78 is 38.1. The van der Waals surface area contributed by atoms with E-state index in [1.165, 1.54) is 24.3 Å². The van der Waals surface area contributed by atoms with E-state index < -0.39 is 108 Å². The lowest BCUT2D eigenvalue weighted by atomic mass is 9.73. The van der Waals surface area contributed by atoms with Gasteiger partial charge in [0, 0.05) is 73.4 Å². The summed E-state index contributed by atoms with van der Waals surface area (Å²) in [4.78, 5) is 86.7. The van der Waals surface area contributed by atoms with Crippen LogP contribution >= 0.6 is 0 Å². The largest absolute Gasteiger partial charge is 0.458 e. The molecule has 3 amide bonds. The molecule has 3 saturated heterocycles. The van der Waals surface area contributed by atoms with Gasteiger partial charge in [0.05, 0.1) is 18.1 Å². The molecule has 0 saturated carbocycles. The van der Waals surface area contributed by atoms with Crippen molar-refractivity contribution >= 4 is 41.8 Å². The fourth-order valence-electron chi connectivity index (χ4n) is 10.1. The lowest BCUT2D eigenvalue weighted by Gasteiger charge is -2.48. The van der Waals surface area contributed by atoms with Crippen molar-refractivity contribution in [2.24, 2.45) is 23.7 Å². The monoisotopic (exact) mass is 972 g/mol. The fourth-order valence-corrected chi connectivity index (χ4v) is 10.1. The average molecular weight is 972 g/mol. The van der Waals surface area contributed by atoms with Crippen molar-refractivity contribution in [1.82, 2.24) is 30.5 Å². The van der Waals surface area contributed by atoms with Crippen LogP contribution < -0.4 is 15.5 Å². The Morgan fingerprint density at radius 2 is 1.63 bits per heavy atom. The van der Waals surface area contributed by atoms with E-state index in [-0.39, 0.29) is 25.2 Å². The molecule has 0 bridgehead atoms. The van der Waals surface area contributed by atoms with Gasteiger partial charge in [0.15, 0.2) is 17.7 Å². The summed E-state index contributed by atoms with van der Waals surface area (Å²) >= 11 is 0. The molecule has 3 aliphatic rings. The number of pyridine rings is 1. The van der Waals surface area contributed by atoms with E-state index in [1.807, 2.05) is 56.3 Å². The van der Waals surface area contributed by atoms with E-state index in [9.17, 15) is 29.1 Å². The number of alkyl carbamates (subject to hydrolysis) is 2. The van der Waals surface area contributed by atoms with E-state index >= 15 is 0 Å². The summed E-state index contributed by atoms with van der Waals surface area (Å²) in [6.45, 7) is 13.4. The molecule has 0 radical (unpaired) electrons. The Bertz CT molecular complexity index is 2310. The van der Waals surface area contributed by atoms with Crippen LogP contribution in [0, 0.1) is 23.7 Å². The summed E-state index contributed by atoms with van der Waals surface area (Å²) in [5, 5.41) is 17.5. The van der Waals surface area contributed by atoms with Gasteiger partial charge in [0.1, 0.15) is 35.8 Å². The lowest BCUT2D eigenvalue weighted by Crippen LogP contribution is -2.61. The summed E-state index contributed by atoms with van der Waals surface area (Å²) in [5.41, 5.74) is -1.16. The second kappa shape index (κ2) is 22.8. The van der Waals surface area contributed by atoms with Gasteiger partial charge in [0.2, 0.25) is 0 Å². The van der Waals surface area contributed by atoms with Gasteiger partial charge in [-0.15, -0.1) is 0 Å². The Hall–Kier alpha value is -6.02. The molecular formula is C51H69N7O12. The van der Waals surface area contributed by atoms with Gasteiger partial charge in [-0.1, -0.05) is 64.1 Å². The minimum absolute atomic E-state index is 0.0283. The average Bonchev–Trinajstić information content (AvgIpc) is 3.66. The molecule has 6 rings (SSSR count). The number of Topliss-reactive ketones (excluding diaryl/α,β-unsaturated/α-hetero) is 1. The van der Waals surface area contributed by atoms with Crippen molar-refractivity contribution in [3.8, 4) is 11.4 Å². The van der Waals surface area contributed by atoms with Crippen molar-refractivity contribution in [2.45, 2.75) is 135 Å². The third-order valence-corrected chi connectivity index (χ3v) is 13.9. The van der Waals surface area contributed by atoms with E-state index in [1.54, 1.807) is 85.1 Å². The fraction of sp³-hybridized carbons (Fsp3) is 0.569. The maximum absolute atomic E-state index is 14.8. The molecule has 0 spiro atoms. The van der Waals surface area contributed by atoms with Gasteiger partial charge in [-0.2, -0.15) is 0 Å². The Kier molecular flexibility index (Phi) is 17.4.